The molecule has 1 aliphatic heterocycles. The molecular formula is C14H18N2O3. The van der Waals surface area contributed by atoms with Gasteiger partial charge < -0.3 is 15.3 Å². The lowest BCUT2D eigenvalue weighted by atomic mass is 10.0. The maximum absolute atomic E-state index is 11.6. The quantitative estimate of drug-likeness (QED) is 0.834. The Labute approximate surface area is 112 Å². The number of amides is 1. The lowest BCUT2D eigenvalue weighted by molar-refractivity contribution is -0.139. The van der Waals surface area contributed by atoms with Crippen LogP contribution in [0.5, 0.6) is 0 Å². The van der Waals surface area contributed by atoms with Crippen molar-refractivity contribution in [1.82, 2.24) is 5.32 Å². The minimum absolute atomic E-state index is 0.0850. The van der Waals surface area contributed by atoms with Gasteiger partial charge in [0, 0.05) is 12.2 Å². The van der Waals surface area contributed by atoms with Crippen LogP contribution in [0.1, 0.15) is 16.7 Å². The lowest BCUT2D eigenvalue weighted by Gasteiger charge is -2.36. The number of nitrogens with zero attached hydrogens (tertiary/aromatic N) is 1. The highest BCUT2D eigenvalue weighted by Gasteiger charge is 2.33. The highest BCUT2D eigenvalue weighted by atomic mass is 16.4. The first-order valence-electron chi connectivity index (χ1n) is 6.24. The Bertz CT molecular complexity index is 516. The number of piperazine rings is 1. The van der Waals surface area contributed by atoms with Crippen LogP contribution in [0, 0.1) is 20.8 Å². The van der Waals surface area contributed by atoms with E-state index >= 15 is 0 Å². The van der Waals surface area contributed by atoms with E-state index in [2.05, 4.69) is 5.32 Å². The normalized spacial score (nSPS) is 19.2. The van der Waals surface area contributed by atoms with Crippen molar-refractivity contribution in [3.05, 3.63) is 28.8 Å². The van der Waals surface area contributed by atoms with Crippen LogP contribution in [0.3, 0.4) is 0 Å². The van der Waals surface area contributed by atoms with E-state index < -0.39 is 12.0 Å². The number of aliphatic carboxylic acids is 1. The molecule has 1 aliphatic rings. The van der Waals surface area contributed by atoms with Gasteiger partial charge >= 0.3 is 5.97 Å². The minimum atomic E-state index is -0.917. The molecule has 1 aromatic carbocycles. The molecule has 1 unspecified atom stereocenters. The third-order valence-corrected chi connectivity index (χ3v) is 3.39. The van der Waals surface area contributed by atoms with Gasteiger partial charge in [-0.3, -0.25) is 4.79 Å². The number of carbonyl (C=O) groups is 2. The average molecular weight is 262 g/mol. The molecule has 1 heterocycles. The van der Waals surface area contributed by atoms with E-state index in [-0.39, 0.29) is 19.0 Å². The number of carboxylic acid groups (broad SMARTS) is 1. The summed E-state index contributed by atoms with van der Waals surface area (Å²) in [6.45, 7) is 6.12. The third kappa shape index (κ3) is 2.54. The Morgan fingerprint density at radius 1 is 1.32 bits per heavy atom. The van der Waals surface area contributed by atoms with Crippen LogP contribution >= 0.6 is 0 Å². The number of hydrogen-bond donors (Lipinski definition) is 2. The van der Waals surface area contributed by atoms with Crippen molar-refractivity contribution in [1.29, 1.82) is 0 Å². The molecule has 0 aliphatic carbocycles. The van der Waals surface area contributed by atoms with E-state index in [4.69, 9.17) is 0 Å². The summed E-state index contributed by atoms with van der Waals surface area (Å²) in [5.41, 5.74) is 3.98. The second-order valence-corrected chi connectivity index (χ2v) is 5.03. The van der Waals surface area contributed by atoms with Crippen molar-refractivity contribution in [3.8, 4) is 0 Å². The number of rotatable bonds is 2. The van der Waals surface area contributed by atoms with Crippen LogP contribution < -0.4 is 10.2 Å². The molecule has 1 saturated heterocycles. The van der Waals surface area contributed by atoms with Gasteiger partial charge in [0.05, 0.1) is 6.54 Å². The molecule has 2 N–H and O–H groups in total. The number of carboxylic acids is 1. The Morgan fingerprint density at radius 2 is 1.89 bits per heavy atom. The standard InChI is InChI=1S/C14H18N2O3/c1-8-4-9(2)13(10(3)5-8)16-7-12(17)15-6-11(16)14(18)19/h4-5,11H,6-7H2,1-3H3,(H,15,17)(H,18,19). The molecule has 0 bridgehead atoms. The van der Waals surface area contributed by atoms with Gasteiger partial charge in [-0.2, -0.15) is 0 Å². The highest BCUT2D eigenvalue weighted by Crippen LogP contribution is 2.28. The summed E-state index contributed by atoms with van der Waals surface area (Å²) in [5, 5.41) is 11.9. The van der Waals surface area contributed by atoms with Crippen LogP contribution in [0.2, 0.25) is 0 Å². The number of aryl methyl sites for hydroxylation is 3. The second-order valence-electron chi connectivity index (χ2n) is 5.03. The summed E-state index contributed by atoms with van der Waals surface area (Å²) < 4.78 is 0. The van der Waals surface area contributed by atoms with Gasteiger partial charge in [0.15, 0.2) is 0 Å². The Morgan fingerprint density at radius 3 is 2.42 bits per heavy atom. The number of carbonyl (C=O) groups excluding carboxylic acids is 1. The molecule has 102 valence electrons. The highest BCUT2D eigenvalue weighted by molar-refractivity contribution is 5.90. The predicted molar refractivity (Wildman–Crippen MR) is 72.4 cm³/mol. The largest absolute Gasteiger partial charge is 0.480 e. The fourth-order valence-electron chi connectivity index (χ4n) is 2.72. The van der Waals surface area contributed by atoms with Crippen molar-refractivity contribution in [2.45, 2.75) is 26.8 Å². The summed E-state index contributed by atoms with van der Waals surface area (Å²) in [5.74, 6) is -1.06. The number of anilines is 1. The fraction of sp³-hybridized carbons (Fsp3) is 0.429. The average Bonchev–Trinajstić information content (AvgIpc) is 2.27. The molecule has 0 saturated carbocycles. The van der Waals surface area contributed by atoms with E-state index in [0.717, 1.165) is 22.4 Å². The third-order valence-electron chi connectivity index (χ3n) is 3.39. The predicted octanol–water partition coefficient (Wildman–Crippen LogP) is 1.00. The van der Waals surface area contributed by atoms with E-state index in [9.17, 15) is 14.7 Å². The maximum Gasteiger partial charge on any atom is 0.328 e. The SMILES string of the molecule is Cc1cc(C)c(N2CC(=O)NCC2C(=O)O)c(C)c1. The minimum Gasteiger partial charge on any atom is -0.480 e. The number of nitrogens with one attached hydrogen (secondary N) is 1. The molecule has 5 nitrogen and oxygen atoms in total. The molecule has 1 amide bonds. The van der Waals surface area contributed by atoms with E-state index in [1.54, 1.807) is 4.90 Å². The van der Waals surface area contributed by atoms with Crippen molar-refractivity contribution < 1.29 is 14.7 Å². The van der Waals surface area contributed by atoms with Crippen molar-refractivity contribution in [3.63, 3.8) is 0 Å². The number of hydrogen-bond acceptors (Lipinski definition) is 3. The topological polar surface area (TPSA) is 69.6 Å². The smallest absolute Gasteiger partial charge is 0.328 e. The van der Waals surface area contributed by atoms with Crippen LogP contribution in [0.15, 0.2) is 12.1 Å². The zero-order chi connectivity index (χ0) is 14.2. The zero-order valence-electron chi connectivity index (χ0n) is 11.4. The van der Waals surface area contributed by atoms with Crippen LogP contribution in [-0.4, -0.2) is 36.1 Å². The number of benzene rings is 1. The first-order chi connectivity index (χ1) is 8.90. The summed E-state index contributed by atoms with van der Waals surface area (Å²) >= 11 is 0. The van der Waals surface area contributed by atoms with E-state index in [0.29, 0.717) is 0 Å². The first-order valence-corrected chi connectivity index (χ1v) is 6.24. The Kier molecular flexibility index (Phi) is 3.46. The summed E-state index contributed by atoms with van der Waals surface area (Å²) in [6.07, 6.45) is 0. The molecule has 0 aromatic heterocycles. The Balaban J connectivity index is 2.47. The molecule has 19 heavy (non-hydrogen) atoms. The molecular weight excluding hydrogens is 244 g/mol. The van der Waals surface area contributed by atoms with Crippen LogP contribution in [-0.2, 0) is 9.59 Å². The second kappa shape index (κ2) is 4.91. The molecule has 1 fully saturated rings. The Hall–Kier alpha value is -2.04. The molecule has 2 rings (SSSR count). The van der Waals surface area contributed by atoms with Crippen molar-refractivity contribution in [2.75, 3.05) is 18.0 Å². The molecule has 0 radical (unpaired) electrons. The molecule has 0 spiro atoms. The fourth-order valence-corrected chi connectivity index (χ4v) is 2.72. The lowest BCUT2D eigenvalue weighted by Crippen LogP contribution is -2.58. The summed E-state index contributed by atoms with van der Waals surface area (Å²) in [6, 6.07) is 3.31. The van der Waals surface area contributed by atoms with Gasteiger partial charge in [-0.05, 0) is 31.9 Å². The monoisotopic (exact) mass is 262 g/mol. The van der Waals surface area contributed by atoms with Crippen LogP contribution in [0.25, 0.3) is 0 Å². The van der Waals surface area contributed by atoms with Crippen molar-refractivity contribution >= 4 is 17.6 Å². The maximum atomic E-state index is 11.6. The molecule has 5 heteroatoms. The van der Waals surface area contributed by atoms with Crippen molar-refractivity contribution in [2.24, 2.45) is 0 Å². The van der Waals surface area contributed by atoms with E-state index in [1.807, 2.05) is 32.9 Å². The van der Waals surface area contributed by atoms with Gasteiger partial charge in [-0.15, -0.1) is 0 Å². The van der Waals surface area contributed by atoms with Gasteiger partial charge in [0.2, 0.25) is 5.91 Å². The summed E-state index contributed by atoms with van der Waals surface area (Å²) in [7, 11) is 0. The summed E-state index contributed by atoms with van der Waals surface area (Å²) in [4.78, 5) is 24.6. The van der Waals surface area contributed by atoms with Crippen LogP contribution in [0.4, 0.5) is 5.69 Å². The van der Waals surface area contributed by atoms with Gasteiger partial charge in [0.25, 0.3) is 0 Å². The zero-order valence-corrected chi connectivity index (χ0v) is 11.4. The van der Waals surface area contributed by atoms with Gasteiger partial charge in [-0.25, -0.2) is 4.79 Å². The van der Waals surface area contributed by atoms with E-state index in [1.165, 1.54) is 0 Å². The van der Waals surface area contributed by atoms with Gasteiger partial charge in [-0.1, -0.05) is 17.7 Å². The van der Waals surface area contributed by atoms with Gasteiger partial charge in [0.1, 0.15) is 6.04 Å². The molecule has 1 atom stereocenters. The first kappa shape index (κ1) is 13.4. The molecule has 1 aromatic rings.